The highest BCUT2D eigenvalue weighted by molar-refractivity contribution is 6.05. The van der Waals surface area contributed by atoms with Gasteiger partial charge in [-0.3, -0.25) is 4.79 Å². The van der Waals surface area contributed by atoms with E-state index in [0.717, 1.165) is 0 Å². The van der Waals surface area contributed by atoms with E-state index in [0.29, 0.717) is 33.2 Å². The second kappa shape index (κ2) is 6.96. The topological polar surface area (TPSA) is 73.6 Å². The molecule has 26 heavy (non-hydrogen) atoms. The van der Waals surface area contributed by atoms with Crippen molar-refractivity contribution in [3.63, 3.8) is 0 Å². The number of Topliss-reactive ketones (excluding diaryl/α,β-unsaturated/α-hetero) is 1. The molecule has 0 aliphatic heterocycles. The zero-order valence-corrected chi connectivity index (χ0v) is 14.8. The monoisotopic (exact) mass is 350 g/mol. The summed E-state index contributed by atoms with van der Waals surface area (Å²) in [4.78, 5) is 36.7. The molecule has 0 radical (unpaired) electrons. The van der Waals surface area contributed by atoms with Crippen LogP contribution in [-0.4, -0.2) is 11.8 Å². The molecule has 0 aliphatic carbocycles. The average Bonchev–Trinajstić information content (AvgIpc) is 2.64. The van der Waals surface area contributed by atoms with Gasteiger partial charge in [0.15, 0.2) is 5.78 Å². The predicted molar refractivity (Wildman–Crippen MR) is 98.0 cm³/mol. The largest absolute Gasteiger partial charge is 0.422 e. The maximum absolute atomic E-state index is 12.5. The van der Waals surface area contributed by atoms with Crippen LogP contribution >= 0.6 is 0 Å². The van der Waals surface area contributed by atoms with Gasteiger partial charge in [-0.05, 0) is 37.6 Å². The van der Waals surface area contributed by atoms with Gasteiger partial charge in [0.1, 0.15) is 11.3 Å². The first-order valence-corrected chi connectivity index (χ1v) is 8.30. The Labute approximate surface area is 150 Å². The van der Waals surface area contributed by atoms with Crippen LogP contribution in [0.15, 0.2) is 51.7 Å². The number of rotatable bonds is 4. The summed E-state index contributed by atoms with van der Waals surface area (Å²) in [5.74, 6) is -0.600. The molecule has 0 amide bonds. The lowest BCUT2D eigenvalue weighted by Crippen LogP contribution is -2.13. The van der Waals surface area contributed by atoms with E-state index in [1.165, 1.54) is 6.07 Å². The maximum atomic E-state index is 12.5. The van der Waals surface area contributed by atoms with Crippen LogP contribution in [0.25, 0.3) is 11.0 Å². The molecule has 0 saturated heterocycles. The first kappa shape index (κ1) is 17.6. The predicted octanol–water partition coefficient (Wildman–Crippen LogP) is 4.22. The van der Waals surface area contributed by atoms with Crippen molar-refractivity contribution in [1.82, 2.24) is 0 Å². The molecule has 0 spiro atoms. The van der Waals surface area contributed by atoms with E-state index >= 15 is 0 Å². The van der Waals surface area contributed by atoms with E-state index in [9.17, 15) is 14.4 Å². The molecule has 5 nitrogen and oxygen atoms in total. The summed E-state index contributed by atoms with van der Waals surface area (Å²) in [6.07, 6.45) is 0.261. The summed E-state index contributed by atoms with van der Waals surface area (Å²) in [5.41, 5.74) is 1.65. The van der Waals surface area contributed by atoms with Crippen LogP contribution in [0.5, 0.6) is 5.75 Å². The summed E-state index contributed by atoms with van der Waals surface area (Å²) in [6.45, 7) is 5.18. The van der Waals surface area contributed by atoms with Gasteiger partial charge in [-0.2, -0.15) is 0 Å². The first-order chi connectivity index (χ1) is 12.4. The molecular weight excluding hydrogens is 332 g/mol. The Bertz CT molecular complexity index is 1060. The molecule has 1 aromatic heterocycles. The van der Waals surface area contributed by atoms with Gasteiger partial charge >= 0.3 is 11.6 Å². The fourth-order valence-electron chi connectivity index (χ4n) is 2.85. The molecule has 0 bridgehead atoms. The van der Waals surface area contributed by atoms with Crippen molar-refractivity contribution >= 4 is 22.7 Å². The Hall–Kier alpha value is -3.21. The zero-order valence-electron chi connectivity index (χ0n) is 14.8. The van der Waals surface area contributed by atoms with Crippen molar-refractivity contribution in [2.24, 2.45) is 0 Å². The molecule has 0 N–H and O–H groups in total. The van der Waals surface area contributed by atoms with Gasteiger partial charge in [0.2, 0.25) is 0 Å². The van der Waals surface area contributed by atoms with Crippen molar-refractivity contribution in [3.8, 4) is 5.75 Å². The standard InChI is InChI=1S/C21H18O5/c1-4-17(22)16-11-15-12(2)10-18(23)25-19(15)13(3)20(16)26-21(24)14-8-6-5-7-9-14/h5-11H,4H2,1-3H3. The average molecular weight is 350 g/mol. The fourth-order valence-corrected chi connectivity index (χ4v) is 2.85. The Morgan fingerprint density at radius 2 is 1.77 bits per heavy atom. The number of benzene rings is 2. The molecule has 2 aromatic carbocycles. The summed E-state index contributed by atoms with van der Waals surface area (Å²) in [7, 11) is 0. The number of hydrogen-bond donors (Lipinski definition) is 0. The van der Waals surface area contributed by atoms with Gasteiger partial charge in [-0.15, -0.1) is 0 Å². The number of carbonyl (C=O) groups is 2. The Kier molecular flexibility index (Phi) is 4.71. The van der Waals surface area contributed by atoms with Crippen molar-refractivity contribution < 1.29 is 18.7 Å². The van der Waals surface area contributed by atoms with Gasteiger partial charge in [0.25, 0.3) is 0 Å². The molecule has 1 heterocycles. The second-order valence-corrected chi connectivity index (χ2v) is 6.04. The summed E-state index contributed by atoms with van der Waals surface area (Å²) in [5, 5.41) is 0.651. The summed E-state index contributed by atoms with van der Waals surface area (Å²) < 4.78 is 10.9. The Morgan fingerprint density at radius 3 is 2.42 bits per heavy atom. The lowest BCUT2D eigenvalue weighted by molar-refractivity contribution is 0.0731. The molecule has 0 atom stereocenters. The quantitative estimate of drug-likeness (QED) is 0.305. The molecule has 0 unspecified atom stereocenters. The molecule has 0 fully saturated rings. The molecule has 3 aromatic rings. The number of hydrogen-bond acceptors (Lipinski definition) is 5. The van der Waals surface area contributed by atoms with Crippen LogP contribution in [0.3, 0.4) is 0 Å². The van der Waals surface area contributed by atoms with E-state index in [2.05, 4.69) is 0 Å². The number of carbonyl (C=O) groups excluding carboxylic acids is 2. The first-order valence-electron chi connectivity index (χ1n) is 8.30. The van der Waals surface area contributed by atoms with Crippen molar-refractivity contribution in [2.75, 3.05) is 0 Å². The van der Waals surface area contributed by atoms with Gasteiger partial charge in [0, 0.05) is 23.4 Å². The minimum atomic E-state index is -0.576. The fraction of sp³-hybridized carbons (Fsp3) is 0.190. The number of esters is 1. The van der Waals surface area contributed by atoms with Crippen LogP contribution in [0, 0.1) is 13.8 Å². The smallest absolute Gasteiger partial charge is 0.343 e. The van der Waals surface area contributed by atoms with E-state index in [-0.39, 0.29) is 18.0 Å². The third kappa shape index (κ3) is 3.16. The third-order valence-electron chi connectivity index (χ3n) is 4.25. The summed E-state index contributed by atoms with van der Waals surface area (Å²) >= 11 is 0. The van der Waals surface area contributed by atoms with Gasteiger partial charge in [0.05, 0.1) is 11.1 Å². The van der Waals surface area contributed by atoms with E-state index < -0.39 is 11.6 Å². The van der Waals surface area contributed by atoms with Crippen LogP contribution in [0.1, 0.15) is 45.2 Å². The highest BCUT2D eigenvalue weighted by Crippen LogP contribution is 2.33. The number of fused-ring (bicyclic) bond motifs is 1. The molecule has 0 saturated carbocycles. The van der Waals surface area contributed by atoms with Crippen LogP contribution in [-0.2, 0) is 0 Å². The SMILES string of the molecule is CCC(=O)c1cc2c(C)cc(=O)oc2c(C)c1OC(=O)c1ccccc1. The van der Waals surface area contributed by atoms with Gasteiger partial charge in [-0.1, -0.05) is 25.1 Å². The normalized spacial score (nSPS) is 10.7. The number of ether oxygens (including phenoxy) is 1. The maximum Gasteiger partial charge on any atom is 0.343 e. The highest BCUT2D eigenvalue weighted by Gasteiger charge is 2.22. The van der Waals surface area contributed by atoms with Gasteiger partial charge in [-0.25, -0.2) is 9.59 Å². The van der Waals surface area contributed by atoms with E-state index in [1.807, 2.05) is 0 Å². The van der Waals surface area contributed by atoms with E-state index in [1.54, 1.807) is 57.2 Å². The molecule has 0 aliphatic rings. The second-order valence-electron chi connectivity index (χ2n) is 6.04. The van der Waals surface area contributed by atoms with Crippen LogP contribution in [0.4, 0.5) is 0 Å². The lowest BCUT2D eigenvalue weighted by atomic mass is 9.98. The van der Waals surface area contributed by atoms with Gasteiger partial charge < -0.3 is 9.15 Å². The number of aryl methyl sites for hydroxylation is 2. The summed E-state index contributed by atoms with van der Waals surface area (Å²) in [6, 6.07) is 11.5. The third-order valence-corrected chi connectivity index (χ3v) is 4.25. The zero-order chi connectivity index (χ0) is 18.8. The highest BCUT2D eigenvalue weighted by atomic mass is 16.5. The molecular formula is C21H18O5. The molecule has 3 rings (SSSR count). The Morgan fingerprint density at radius 1 is 1.08 bits per heavy atom. The van der Waals surface area contributed by atoms with Crippen molar-refractivity contribution in [3.05, 3.63) is 75.1 Å². The molecule has 132 valence electrons. The van der Waals surface area contributed by atoms with Crippen molar-refractivity contribution in [1.29, 1.82) is 0 Å². The minimum Gasteiger partial charge on any atom is -0.422 e. The van der Waals surface area contributed by atoms with Crippen LogP contribution < -0.4 is 10.4 Å². The van der Waals surface area contributed by atoms with Crippen molar-refractivity contribution in [2.45, 2.75) is 27.2 Å². The number of ketones is 1. The van der Waals surface area contributed by atoms with E-state index in [4.69, 9.17) is 9.15 Å². The Balaban J connectivity index is 2.22. The minimum absolute atomic E-state index is 0.131. The van der Waals surface area contributed by atoms with Crippen LogP contribution in [0.2, 0.25) is 0 Å². The lowest BCUT2D eigenvalue weighted by Gasteiger charge is -2.14. The molecule has 5 heteroatoms.